The molecule has 22 heavy (non-hydrogen) atoms. The molecule has 0 saturated carbocycles. The Balaban J connectivity index is 0.00000242. The number of benzene rings is 1. The third-order valence-corrected chi connectivity index (χ3v) is 5.09. The summed E-state index contributed by atoms with van der Waals surface area (Å²) in [5, 5.41) is 0. The minimum Gasteiger partial charge on any atom is -0.483 e. The number of halogens is 2. The number of hydrogen-bond donors (Lipinski definition) is 0. The van der Waals surface area contributed by atoms with Gasteiger partial charge in [0.2, 0.25) is 5.91 Å². The Kier molecular flexibility index (Phi) is 9.53. The summed E-state index contributed by atoms with van der Waals surface area (Å²) < 4.78 is 6.49. The van der Waals surface area contributed by atoms with Gasteiger partial charge in [0.15, 0.2) is 0 Å². The Labute approximate surface area is 183 Å². The molecule has 1 aliphatic rings. The number of rotatable bonds is 5. The number of allylic oxidation sites excluding steroid dienone is 1. The van der Waals surface area contributed by atoms with E-state index in [1.165, 1.54) is 0 Å². The maximum absolute atomic E-state index is 12.3. The number of carbonyl (C=O) groups excluding carboxylic acids is 1. The summed E-state index contributed by atoms with van der Waals surface area (Å²) in [5.74, 6) is 1.59. The standard InChI is InChI=1S/C15H16BrINO2S.Y/c1-3-18-14(7-6-13(17)15(18)19)11-5-4-10(8-12(11)16)20-9-21-2;/h4-5,8,13H,3,6,9H2,1-2H3;/q-1;. The van der Waals surface area contributed by atoms with Gasteiger partial charge in [0.1, 0.15) is 11.7 Å². The third-order valence-electron chi connectivity index (χ3n) is 3.11. The van der Waals surface area contributed by atoms with E-state index in [-0.39, 0.29) is 42.5 Å². The van der Waals surface area contributed by atoms with Gasteiger partial charge in [-0.1, -0.05) is 49.4 Å². The van der Waals surface area contributed by atoms with E-state index in [1.54, 1.807) is 16.7 Å². The van der Waals surface area contributed by atoms with Crippen LogP contribution in [0.5, 0.6) is 5.75 Å². The van der Waals surface area contributed by atoms with E-state index >= 15 is 0 Å². The van der Waals surface area contributed by atoms with Crippen molar-refractivity contribution in [2.24, 2.45) is 0 Å². The second-order valence-corrected chi connectivity index (χ2v) is 7.64. The summed E-state index contributed by atoms with van der Waals surface area (Å²) in [6, 6.07) is 5.85. The van der Waals surface area contributed by atoms with Gasteiger partial charge in [-0.2, -0.15) is 0 Å². The minimum absolute atomic E-state index is 0. The van der Waals surface area contributed by atoms with E-state index in [1.807, 2.05) is 31.4 Å². The zero-order valence-electron chi connectivity index (χ0n) is 12.4. The molecule has 0 N–H and O–H groups in total. The maximum Gasteiger partial charge on any atom is 0.235 e. The monoisotopic (exact) mass is 569 g/mol. The number of ether oxygens (including phenoxy) is 1. The van der Waals surface area contributed by atoms with Gasteiger partial charge < -0.3 is 9.64 Å². The predicted octanol–water partition coefficient (Wildman–Crippen LogP) is 4.35. The van der Waals surface area contributed by atoms with E-state index < -0.39 is 0 Å². The number of amides is 1. The normalized spacial score (nSPS) is 17.8. The molecular formula is C15H16BrINO2SY-. The molecule has 0 fully saturated rings. The van der Waals surface area contributed by atoms with Crippen molar-refractivity contribution in [1.82, 2.24) is 4.90 Å². The fourth-order valence-electron chi connectivity index (χ4n) is 2.11. The topological polar surface area (TPSA) is 29.5 Å². The smallest absolute Gasteiger partial charge is 0.235 e. The van der Waals surface area contributed by atoms with E-state index in [4.69, 9.17) is 4.74 Å². The Morgan fingerprint density at radius 3 is 2.86 bits per heavy atom. The average molecular weight is 570 g/mol. The molecule has 1 aromatic carbocycles. The second-order valence-electron chi connectivity index (χ2n) is 4.47. The number of carbonyl (C=O) groups is 1. The number of alkyl halides is 1. The van der Waals surface area contributed by atoms with Crippen LogP contribution in [-0.2, 0) is 37.5 Å². The Morgan fingerprint density at radius 2 is 2.27 bits per heavy atom. The number of thioether (sulfide) groups is 1. The van der Waals surface area contributed by atoms with Crippen LogP contribution in [-0.4, -0.2) is 33.5 Å². The van der Waals surface area contributed by atoms with Gasteiger partial charge in [-0.15, -0.1) is 29.1 Å². The van der Waals surface area contributed by atoms with Crippen molar-refractivity contribution >= 4 is 61.9 Å². The Morgan fingerprint density at radius 1 is 1.55 bits per heavy atom. The van der Waals surface area contributed by atoms with Crippen molar-refractivity contribution in [1.29, 1.82) is 0 Å². The van der Waals surface area contributed by atoms with Crippen LogP contribution >= 0.6 is 50.3 Å². The van der Waals surface area contributed by atoms with Crippen LogP contribution in [0.25, 0.3) is 5.70 Å². The fraction of sp³-hybridized carbons (Fsp3) is 0.400. The van der Waals surface area contributed by atoms with Crippen molar-refractivity contribution in [3.8, 4) is 5.75 Å². The first-order valence-electron chi connectivity index (χ1n) is 6.56. The number of hydrogen-bond acceptors (Lipinski definition) is 3. The van der Waals surface area contributed by atoms with E-state index in [0.29, 0.717) is 18.9 Å². The summed E-state index contributed by atoms with van der Waals surface area (Å²) in [7, 11) is 0. The quantitative estimate of drug-likeness (QED) is 0.229. The molecule has 2 rings (SSSR count). The first kappa shape index (κ1) is 20.9. The van der Waals surface area contributed by atoms with Gasteiger partial charge in [0.05, 0.1) is 3.92 Å². The maximum atomic E-state index is 12.3. The van der Waals surface area contributed by atoms with E-state index in [2.05, 4.69) is 44.6 Å². The molecule has 1 unspecified atom stereocenters. The van der Waals surface area contributed by atoms with Crippen molar-refractivity contribution in [3.63, 3.8) is 0 Å². The summed E-state index contributed by atoms with van der Waals surface area (Å²) >= 11 is 7.39. The largest absolute Gasteiger partial charge is 0.483 e. The summed E-state index contributed by atoms with van der Waals surface area (Å²) in [5.41, 5.74) is 1.84. The van der Waals surface area contributed by atoms with Crippen LogP contribution in [0, 0.1) is 6.08 Å². The zero-order valence-corrected chi connectivity index (χ0v) is 19.8. The molecule has 0 spiro atoms. The first-order valence-corrected chi connectivity index (χ1v) is 9.99. The van der Waals surface area contributed by atoms with Gasteiger partial charge >= 0.3 is 0 Å². The van der Waals surface area contributed by atoms with E-state index in [9.17, 15) is 4.79 Å². The molecule has 0 bridgehead atoms. The first-order chi connectivity index (χ1) is 10.1. The molecule has 0 aromatic heterocycles. The molecule has 3 nitrogen and oxygen atoms in total. The van der Waals surface area contributed by atoms with Crippen LogP contribution in [0.1, 0.15) is 18.9 Å². The molecule has 117 valence electrons. The van der Waals surface area contributed by atoms with Crippen molar-refractivity contribution < 1.29 is 42.2 Å². The minimum atomic E-state index is -0.0192. The van der Waals surface area contributed by atoms with Gasteiger partial charge in [-0.25, -0.2) is 6.08 Å². The van der Waals surface area contributed by atoms with Crippen molar-refractivity contribution in [2.75, 3.05) is 18.7 Å². The molecule has 1 amide bonds. The van der Waals surface area contributed by atoms with Gasteiger partial charge in [-0.3, -0.25) is 4.79 Å². The molecule has 1 aliphatic heterocycles. The number of nitrogens with zero attached hydrogens (tertiary/aromatic N) is 1. The third kappa shape index (κ3) is 4.94. The SMILES string of the molecule is CCN1C(=O)C(I)C[C-]=C1c1ccc(OCSC)cc1Br.[Y]. The Hall–Kier alpha value is 0.894. The van der Waals surface area contributed by atoms with Crippen molar-refractivity contribution in [3.05, 3.63) is 34.3 Å². The molecule has 0 saturated heterocycles. The summed E-state index contributed by atoms with van der Waals surface area (Å²) in [6.45, 7) is 2.63. The summed E-state index contributed by atoms with van der Waals surface area (Å²) in [6.07, 6.45) is 6.01. The summed E-state index contributed by atoms with van der Waals surface area (Å²) in [4.78, 5) is 14.1. The molecular weight excluding hydrogens is 554 g/mol. The van der Waals surface area contributed by atoms with Crippen molar-refractivity contribution in [2.45, 2.75) is 17.3 Å². The average Bonchev–Trinajstić information content (AvgIpc) is 2.48. The van der Waals surface area contributed by atoms with Gasteiger partial charge in [0.25, 0.3) is 0 Å². The predicted molar refractivity (Wildman–Crippen MR) is 99.6 cm³/mol. The van der Waals surface area contributed by atoms with Crippen LogP contribution in [0.2, 0.25) is 0 Å². The Bertz CT molecular complexity index is 570. The van der Waals surface area contributed by atoms with Gasteiger partial charge in [0, 0.05) is 39.3 Å². The molecule has 1 radical (unpaired) electrons. The van der Waals surface area contributed by atoms with E-state index in [0.717, 1.165) is 21.5 Å². The van der Waals surface area contributed by atoms with Crippen LogP contribution in [0.4, 0.5) is 0 Å². The molecule has 1 atom stereocenters. The van der Waals surface area contributed by atoms with Crippen LogP contribution in [0.3, 0.4) is 0 Å². The molecule has 1 aromatic rings. The fourth-order valence-corrected chi connectivity index (χ4v) is 3.46. The molecule has 1 heterocycles. The molecule has 0 aliphatic carbocycles. The van der Waals surface area contributed by atoms with Crippen LogP contribution in [0.15, 0.2) is 22.7 Å². The van der Waals surface area contributed by atoms with Crippen LogP contribution < -0.4 is 4.74 Å². The zero-order chi connectivity index (χ0) is 15.4. The van der Waals surface area contributed by atoms with Gasteiger partial charge in [-0.05, 0) is 25.3 Å². The second kappa shape index (κ2) is 10.0. The molecule has 7 heteroatoms.